The van der Waals surface area contributed by atoms with Crippen LogP contribution in [0.1, 0.15) is 37.9 Å². The van der Waals surface area contributed by atoms with E-state index in [1.54, 1.807) is 48.5 Å². The first kappa shape index (κ1) is 19.0. The summed E-state index contributed by atoms with van der Waals surface area (Å²) >= 11 is 3.30. The van der Waals surface area contributed by atoms with Crippen LogP contribution in [0, 0.1) is 0 Å². The minimum absolute atomic E-state index is 0.271. The minimum Gasteiger partial charge on any atom is -0.454 e. The number of esters is 1. The summed E-state index contributed by atoms with van der Waals surface area (Å²) < 4.78 is 5.97. The number of aliphatic hydroxyl groups excluding tert-OH is 1. The normalized spacial score (nSPS) is 11.6. The van der Waals surface area contributed by atoms with Gasteiger partial charge in [-0.2, -0.15) is 0 Å². The maximum Gasteiger partial charge on any atom is 0.338 e. The van der Waals surface area contributed by atoms with Crippen molar-refractivity contribution in [2.24, 2.45) is 0 Å². The van der Waals surface area contributed by atoms with Crippen LogP contribution in [0.25, 0.3) is 0 Å². The Labute approximate surface area is 165 Å². The fourth-order valence-electron chi connectivity index (χ4n) is 2.56. The van der Waals surface area contributed by atoms with Crippen molar-refractivity contribution in [2.45, 2.75) is 6.10 Å². The van der Waals surface area contributed by atoms with E-state index >= 15 is 0 Å². The Bertz CT molecular complexity index is 919. The maximum atomic E-state index is 12.1. The van der Waals surface area contributed by atoms with Crippen LogP contribution in [0.15, 0.2) is 83.3 Å². The van der Waals surface area contributed by atoms with Gasteiger partial charge in [-0.3, -0.25) is 4.79 Å². The Hall–Kier alpha value is -2.76. The van der Waals surface area contributed by atoms with Gasteiger partial charge >= 0.3 is 5.97 Å². The van der Waals surface area contributed by atoms with E-state index in [0.29, 0.717) is 16.7 Å². The Morgan fingerprint density at radius 2 is 1.37 bits per heavy atom. The van der Waals surface area contributed by atoms with Crippen LogP contribution in [0.3, 0.4) is 0 Å². The molecule has 0 saturated heterocycles. The molecule has 0 radical (unpaired) electrons. The van der Waals surface area contributed by atoms with E-state index < -0.39 is 12.1 Å². The molecule has 1 unspecified atom stereocenters. The highest BCUT2D eigenvalue weighted by molar-refractivity contribution is 9.10. The van der Waals surface area contributed by atoms with Gasteiger partial charge in [0.05, 0.1) is 5.56 Å². The standard InChI is InChI=1S/C22H17BrO4/c23-19-12-10-15(11-13-19)20(24)14-27-22(26)18-8-6-17(7-9-18)21(25)16-4-2-1-3-5-16/h1-13,21,25H,14H2. The van der Waals surface area contributed by atoms with E-state index in [1.807, 2.05) is 30.3 Å². The van der Waals surface area contributed by atoms with Crippen LogP contribution >= 0.6 is 15.9 Å². The molecule has 0 amide bonds. The topological polar surface area (TPSA) is 63.6 Å². The second-order valence-electron chi connectivity index (χ2n) is 5.94. The molecule has 27 heavy (non-hydrogen) atoms. The fraction of sp³-hybridized carbons (Fsp3) is 0.0909. The number of rotatable bonds is 6. The molecule has 136 valence electrons. The average Bonchev–Trinajstić information content (AvgIpc) is 2.72. The number of aliphatic hydroxyl groups is 1. The number of carbonyl (C=O) groups is 2. The van der Waals surface area contributed by atoms with Gasteiger partial charge < -0.3 is 9.84 Å². The number of hydrogen-bond acceptors (Lipinski definition) is 4. The van der Waals surface area contributed by atoms with Gasteiger partial charge in [-0.1, -0.05) is 70.5 Å². The number of carbonyl (C=O) groups excluding carboxylic acids is 2. The molecule has 3 aromatic carbocycles. The van der Waals surface area contributed by atoms with E-state index in [-0.39, 0.29) is 12.4 Å². The minimum atomic E-state index is -0.768. The second kappa shape index (κ2) is 8.75. The highest BCUT2D eigenvalue weighted by atomic mass is 79.9. The van der Waals surface area contributed by atoms with Gasteiger partial charge in [-0.25, -0.2) is 4.79 Å². The van der Waals surface area contributed by atoms with Crippen molar-refractivity contribution in [1.29, 1.82) is 0 Å². The number of ether oxygens (including phenoxy) is 1. The lowest BCUT2D eigenvalue weighted by atomic mass is 10.0. The van der Waals surface area contributed by atoms with Crippen LogP contribution < -0.4 is 0 Å². The predicted molar refractivity (Wildman–Crippen MR) is 106 cm³/mol. The zero-order chi connectivity index (χ0) is 19.2. The van der Waals surface area contributed by atoms with Crippen LogP contribution in [0.5, 0.6) is 0 Å². The van der Waals surface area contributed by atoms with E-state index in [4.69, 9.17) is 4.74 Å². The van der Waals surface area contributed by atoms with E-state index in [1.165, 1.54) is 0 Å². The molecule has 0 fully saturated rings. The van der Waals surface area contributed by atoms with Crippen molar-refractivity contribution >= 4 is 27.7 Å². The number of benzene rings is 3. The lowest BCUT2D eigenvalue weighted by molar-refractivity contribution is 0.0474. The molecule has 0 aliphatic heterocycles. The Balaban J connectivity index is 1.60. The van der Waals surface area contributed by atoms with E-state index in [9.17, 15) is 14.7 Å². The van der Waals surface area contributed by atoms with Gasteiger partial charge in [0.25, 0.3) is 0 Å². The molecule has 3 rings (SSSR count). The first-order chi connectivity index (χ1) is 13.0. The summed E-state index contributed by atoms with van der Waals surface area (Å²) in [6.07, 6.45) is -0.768. The third kappa shape index (κ3) is 4.90. The molecule has 0 aliphatic carbocycles. The van der Waals surface area contributed by atoms with Crippen molar-refractivity contribution in [3.8, 4) is 0 Å². The largest absolute Gasteiger partial charge is 0.454 e. The van der Waals surface area contributed by atoms with Crippen LogP contribution in [0.4, 0.5) is 0 Å². The zero-order valence-corrected chi connectivity index (χ0v) is 15.9. The van der Waals surface area contributed by atoms with E-state index in [2.05, 4.69) is 15.9 Å². The predicted octanol–water partition coefficient (Wildman–Crippen LogP) is 4.57. The SMILES string of the molecule is O=C(COC(=O)c1ccc(C(O)c2ccccc2)cc1)c1ccc(Br)cc1. The average molecular weight is 425 g/mol. The lowest BCUT2D eigenvalue weighted by Gasteiger charge is -2.12. The fourth-order valence-corrected chi connectivity index (χ4v) is 2.83. The molecule has 0 aliphatic rings. The molecular formula is C22H17BrO4. The molecule has 0 spiro atoms. The molecule has 1 atom stereocenters. The van der Waals surface area contributed by atoms with Gasteiger partial charge in [-0.05, 0) is 35.4 Å². The Morgan fingerprint density at radius 3 is 2.00 bits per heavy atom. The summed E-state index contributed by atoms with van der Waals surface area (Å²) in [7, 11) is 0. The third-order valence-corrected chi connectivity index (χ3v) is 4.61. The van der Waals surface area contributed by atoms with Crippen LogP contribution in [-0.4, -0.2) is 23.5 Å². The van der Waals surface area contributed by atoms with Gasteiger partial charge in [0.2, 0.25) is 0 Å². The molecule has 0 saturated carbocycles. The number of hydrogen-bond donors (Lipinski definition) is 1. The van der Waals surface area contributed by atoms with E-state index in [0.717, 1.165) is 10.0 Å². The number of Topliss-reactive ketones (excluding diaryl/α,β-unsaturated/α-hetero) is 1. The molecule has 1 N–H and O–H groups in total. The molecule has 0 bridgehead atoms. The third-order valence-electron chi connectivity index (χ3n) is 4.08. The first-order valence-corrected chi connectivity index (χ1v) is 9.13. The molecule has 3 aromatic rings. The molecule has 5 heteroatoms. The summed E-state index contributed by atoms with van der Waals surface area (Å²) in [5.74, 6) is -0.854. The Morgan fingerprint density at radius 1 is 0.815 bits per heavy atom. The van der Waals surface area contributed by atoms with Crippen molar-refractivity contribution in [1.82, 2.24) is 0 Å². The van der Waals surface area contributed by atoms with Crippen molar-refractivity contribution < 1.29 is 19.4 Å². The van der Waals surface area contributed by atoms with Crippen LogP contribution in [0.2, 0.25) is 0 Å². The zero-order valence-electron chi connectivity index (χ0n) is 14.3. The molecular weight excluding hydrogens is 408 g/mol. The number of halogens is 1. The summed E-state index contributed by atoms with van der Waals surface area (Å²) in [6.45, 7) is -0.325. The smallest absolute Gasteiger partial charge is 0.338 e. The van der Waals surface area contributed by atoms with Gasteiger partial charge in [0.1, 0.15) is 6.10 Å². The van der Waals surface area contributed by atoms with Crippen molar-refractivity contribution in [2.75, 3.05) is 6.61 Å². The summed E-state index contributed by atoms with van der Waals surface area (Å²) in [4.78, 5) is 24.2. The second-order valence-corrected chi connectivity index (χ2v) is 6.86. The van der Waals surface area contributed by atoms with Crippen molar-refractivity contribution in [3.63, 3.8) is 0 Å². The molecule has 4 nitrogen and oxygen atoms in total. The monoisotopic (exact) mass is 424 g/mol. The lowest BCUT2D eigenvalue weighted by Crippen LogP contribution is -2.14. The highest BCUT2D eigenvalue weighted by Crippen LogP contribution is 2.22. The highest BCUT2D eigenvalue weighted by Gasteiger charge is 2.14. The number of ketones is 1. The maximum absolute atomic E-state index is 12.1. The van der Waals surface area contributed by atoms with Gasteiger partial charge in [-0.15, -0.1) is 0 Å². The van der Waals surface area contributed by atoms with Crippen molar-refractivity contribution in [3.05, 3.63) is 106 Å². The van der Waals surface area contributed by atoms with Gasteiger partial charge in [0, 0.05) is 10.0 Å². The summed E-state index contributed by atoms with van der Waals surface area (Å²) in [5.41, 5.74) is 2.24. The summed E-state index contributed by atoms with van der Waals surface area (Å²) in [5, 5.41) is 10.4. The Kier molecular flexibility index (Phi) is 6.16. The van der Waals surface area contributed by atoms with Crippen LogP contribution in [-0.2, 0) is 4.74 Å². The molecule has 0 aromatic heterocycles. The van der Waals surface area contributed by atoms with Gasteiger partial charge in [0.15, 0.2) is 12.4 Å². The first-order valence-electron chi connectivity index (χ1n) is 8.33. The molecule has 0 heterocycles. The summed E-state index contributed by atoms with van der Waals surface area (Å²) in [6, 6.07) is 22.6. The quantitative estimate of drug-likeness (QED) is 0.464.